The molecule has 0 aliphatic heterocycles. The van der Waals surface area contributed by atoms with Crippen molar-refractivity contribution in [2.24, 2.45) is 0 Å². The van der Waals surface area contributed by atoms with E-state index in [1.165, 1.54) is 31.4 Å². The van der Waals surface area contributed by atoms with Gasteiger partial charge in [0.1, 0.15) is 0 Å². The minimum absolute atomic E-state index is 0.285. The highest BCUT2D eigenvalue weighted by molar-refractivity contribution is 6.10. The Morgan fingerprint density at radius 2 is 1.18 bits per heavy atom. The van der Waals surface area contributed by atoms with Crippen LogP contribution in [0.1, 0.15) is 36.6 Å². The van der Waals surface area contributed by atoms with Crippen LogP contribution in [-0.4, -0.2) is 24.9 Å². The summed E-state index contributed by atoms with van der Waals surface area (Å²) in [4.78, 5) is 35.3. The molecular weight excluding hydrogens is 282 g/mol. The molecule has 2 rings (SSSR count). The third kappa shape index (κ3) is 3.58. The topological polar surface area (TPSA) is 72.5 Å². The number of methoxy groups -OCH3 is 1. The zero-order valence-corrected chi connectivity index (χ0v) is 12.3. The first kappa shape index (κ1) is 15.4. The molecule has 22 heavy (non-hydrogen) atoms. The molecule has 2 aromatic carbocycles. The molecule has 0 saturated heterocycles. The van der Waals surface area contributed by atoms with Gasteiger partial charge in [-0.3, -0.25) is 14.9 Å². The molecule has 0 fully saturated rings. The molecule has 1 N–H and O–H groups in total. The van der Waals surface area contributed by atoms with Crippen LogP contribution in [0.15, 0.2) is 48.5 Å². The van der Waals surface area contributed by atoms with Crippen LogP contribution in [0.25, 0.3) is 0 Å². The third-order valence-corrected chi connectivity index (χ3v) is 3.11. The van der Waals surface area contributed by atoms with Crippen molar-refractivity contribution in [3.8, 4) is 0 Å². The van der Waals surface area contributed by atoms with Gasteiger partial charge < -0.3 is 4.74 Å². The Hall–Kier alpha value is -2.95. The number of carbonyl (C=O) groups excluding carboxylic acids is 3. The number of carbonyl (C=O) groups is 3. The highest BCUT2D eigenvalue weighted by atomic mass is 16.5. The molecule has 0 spiro atoms. The number of amides is 2. The van der Waals surface area contributed by atoms with Crippen molar-refractivity contribution >= 4 is 17.8 Å². The Morgan fingerprint density at radius 1 is 0.773 bits per heavy atom. The molecule has 0 aliphatic carbocycles. The maximum Gasteiger partial charge on any atom is 0.337 e. The molecule has 0 atom stereocenters. The summed E-state index contributed by atoms with van der Waals surface area (Å²) >= 11 is 0. The lowest BCUT2D eigenvalue weighted by Gasteiger charge is -2.05. The van der Waals surface area contributed by atoms with Crippen molar-refractivity contribution in [3.63, 3.8) is 0 Å². The predicted octanol–water partition coefficient (Wildman–Crippen LogP) is 2.35. The van der Waals surface area contributed by atoms with E-state index in [2.05, 4.69) is 10.1 Å². The van der Waals surface area contributed by atoms with Gasteiger partial charge in [0.25, 0.3) is 11.8 Å². The normalized spacial score (nSPS) is 9.91. The first-order valence-corrected chi connectivity index (χ1v) is 6.62. The van der Waals surface area contributed by atoms with E-state index in [1.807, 2.05) is 6.92 Å². The molecule has 0 heterocycles. The number of imide groups is 1. The monoisotopic (exact) mass is 297 g/mol. The van der Waals surface area contributed by atoms with E-state index in [4.69, 9.17) is 0 Å². The first-order chi connectivity index (χ1) is 10.5. The van der Waals surface area contributed by atoms with E-state index in [1.54, 1.807) is 24.3 Å². The molecular formula is C17H15NO4. The Labute approximate surface area is 127 Å². The second kappa shape index (κ2) is 6.67. The summed E-state index contributed by atoms with van der Waals surface area (Å²) in [5.41, 5.74) is 2.06. The van der Waals surface area contributed by atoms with E-state index < -0.39 is 17.8 Å². The van der Waals surface area contributed by atoms with Crippen molar-refractivity contribution in [1.29, 1.82) is 0 Å². The molecule has 0 radical (unpaired) electrons. The van der Waals surface area contributed by atoms with Crippen LogP contribution < -0.4 is 5.32 Å². The lowest BCUT2D eigenvalue weighted by Crippen LogP contribution is -2.30. The van der Waals surface area contributed by atoms with Gasteiger partial charge in [0.15, 0.2) is 0 Å². The number of nitrogens with one attached hydrogen (secondary N) is 1. The fraction of sp³-hybridized carbons (Fsp3) is 0.118. The van der Waals surface area contributed by atoms with Crippen LogP contribution in [0.3, 0.4) is 0 Å². The van der Waals surface area contributed by atoms with E-state index in [9.17, 15) is 14.4 Å². The van der Waals surface area contributed by atoms with Crippen molar-refractivity contribution in [2.75, 3.05) is 7.11 Å². The number of esters is 1. The molecule has 0 saturated carbocycles. The molecule has 0 aliphatic rings. The Morgan fingerprint density at radius 3 is 1.64 bits per heavy atom. The number of aryl methyl sites for hydroxylation is 1. The molecule has 5 heteroatoms. The van der Waals surface area contributed by atoms with Gasteiger partial charge in [0, 0.05) is 11.1 Å². The van der Waals surface area contributed by atoms with Gasteiger partial charge in [-0.2, -0.15) is 0 Å². The summed E-state index contributed by atoms with van der Waals surface area (Å²) in [5.74, 6) is -1.48. The SMILES string of the molecule is COC(=O)c1ccc(C(=O)NC(=O)c2ccc(C)cc2)cc1. The van der Waals surface area contributed by atoms with E-state index in [0.29, 0.717) is 11.1 Å². The van der Waals surface area contributed by atoms with Gasteiger partial charge in [0.2, 0.25) is 0 Å². The maximum atomic E-state index is 12.0. The summed E-state index contributed by atoms with van der Waals surface area (Å²) in [6, 6.07) is 12.8. The number of benzene rings is 2. The first-order valence-electron chi connectivity index (χ1n) is 6.62. The van der Waals surface area contributed by atoms with Gasteiger partial charge in [-0.1, -0.05) is 17.7 Å². The smallest absolute Gasteiger partial charge is 0.337 e. The van der Waals surface area contributed by atoms with Crippen LogP contribution in [-0.2, 0) is 4.74 Å². The number of rotatable bonds is 3. The van der Waals surface area contributed by atoms with Gasteiger partial charge in [-0.15, -0.1) is 0 Å². The van der Waals surface area contributed by atoms with Gasteiger partial charge in [-0.05, 0) is 43.3 Å². The zero-order chi connectivity index (χ0) is 16.1. The van der Waals surface area contributed by atoms with E-state index >= 15 is 0 Å². The molecule has 2 amide bonds. The quantitative estimate of drug-likeness (QED) is 0.697. The van der Waals surface area contributed by atoms with Crippen LogP contribution >= 0.6 is 0 Å². The lowest BCUT2D eigenvalue weighted by atomic mass is 10.1. The fourth-order valence-electron chi connectivity index (χ4n) is 1.83. The van der Waals surface area contributed by atoms with E-state index in [0.717, 1.165) is 5.56 Å². The fourth-order valence-corrected chi connectivity index (χ4v) is 1.83. The van der Waals surface area contributed by atoms with Gasteiger partial charge >= 0.3 is 5.97 Å². The number of hydrogen-bond acceptors (Lipinski definition) is 4. The standard InChI is InChI=1S/C17H15NO4/c1-11-3-5-12(6-4-11)15(19)18-16(20)13-7-9-14(10-8-13)17(21)22-2/h3-10H,1-2H3,(H,18,19,20). The van der Waals surface area contributed by atoms with Crippen molar-refractivity contribution in [1.82, 2.24) is 5.32 Å². The second-order valence-corrected chi connectivity index (χ2v) is 4.72. The lowest BCUT2D eigenvalue weighted by molar-refractivity contribution is 0.0600. The summed E-state index contributed by atoms with van der Waals surface area (Å²) in [5, 5.41) is 2.30. The Bertz CT molecular complexity index is 702. The minimum Gasteiger partial charge on any atom is -0.465 e. The molecule has 112 valence electrons. The molecule has 5 nitrogen and oxygen atoms in total. The van der Waals surface area contributed by atoms with Crippen LogP contribution in [0.5, 0.6) is 0 Å². The molecule has 0 aromatic heterocycles. The Kier molecular flexibility index (Phi) is 4.68. The minimum atomic E-state index is -0.526. The average molecular weight is 297 g/mol. The van der Waals surface area contributed by atoms with Crippen molar-refractivity contribution < 1.29 is 19.1 Å². The van der Waals surface area contributed by atoms with Crippen LogP contribution in [0, 0.1) is 6.92 Å². The third-order valence-electron chi connectivity index (χ3n) is 3.11. The summed E-state index contributed by atoms with van der Waals surface area (Å²) < 4.78 is 4.58. The predicted molar refractivity (Wildman–Crippen MR) is 80.8 cm³/mol. The van der Waals surface area contributed by atoms with Crippen LogP contribution in [0.2, 0.25) is 0 Å². The summed E-state index contributed by atoms with van der Waals surface area (Å²) in [7, 11) is 1.28. The zero-order valence-electron chi connectivity index (χ0n) is 12.3. The molecule has 0 unspecified atom stereocenters. The van der Waals surface area contributed by atoms with E-state index in [-0.39, 0.29) is 5.56 Å². The van der Waals surface area contributed by atoms with Crippen LogP contribution in [0.4, 0.5) is 0 Å². The highest BCUT2D eigenvalue weighted by Gasteiger charge is 2.13. The Balaban J connectivity index is 2.07. The highest BCUT2D eigenvalue weighted by Crippen LogP contribution is 2.07. The van der Waals surface area contributed by atoms with Crippen molar-refractivity contribution in [3.05, 3.63) is 70.8 Å². The second-order valence-electron chi connectivity index (χ2n) is 4.72. The van der Waals surface area contributed by atoms with Crippen molar-refractivity contribution in [2.45, 2.75) is 6.92 Å². The number of hydrogen-bond donors (Lipinski definition) is 1. The van der Waals surface area contributed by atoms with Gasteiger partial charge in [0.05, 0.1) is 12.7 Å². The summed E-state index contributed by atoms with van der Waals surface area (Å²) in [6.45, 7) is 1.91. The summed E-state index contributed by atoms with van der Waals surface area (Å²) in [6.07, 6.45) is 0. The average Bonchev–Trinajstić information content (AvgIpc) is 2.54. The molecule has 0 bridgehead atoms. The molecule has 2 aromatic rings. The van der Waals surface area contributed by atoms with Gasteiger partial charge in [-0.25, -0.2) is 4.79 Å². The number of ether oxygens (including phenoxy) is 1. The maximum absolute atomic E-state index is 12.0. The largest absolute Gasteiger partial charge is 0.465 e.